The van der Waals surface area contributed by atoms with E-state index in [4.69, 9.17) is 9.47 Å². The molecule has 0 saturated heterocycles. The Morgan fingerprint density at radius 3 is 1.46 bits per heavy atom. The summed E-state index contributed by atoms with van der Waals surface area (Å²) in [5, 5.41) is 10.9. The first-order chi connectivity index (χ1) is 30.5. The van der Waals surface area contributed by atoms with Gasteiger partial charge in [-0.3, -0.25) is 20.4 Å². The van der Waals surface area contributed by atoms with Gasteiger partial charge < -0.3 is 33.0 Å². The Morgan fingerprint density at radius 2 is 1.00 bits per heavy atom. The summed E-state index contributed by atoms with van der Waals surface area (Å²) in [5.41, 5.74) is 3.65. The maximum Gasteiger partial charge on any atom is 1.00 e. The van der Waals surface area contributed by atoms with Gasteiger partial charge in [0.1, 0.15) is 63.4 Å². The molecule has 5 aromatic rings. The van der Waals surface area contributed by atoms with Gasteiger partial charge in [-0.15, -0.1) is 0 Å². The molecular weight excluding hydrogens is 1030 g/mol. The fourth-order valence-electron chi connectivity index (χ4n) is 6.60. The summed E-state index contributed by atoms with van der Waals surface area (Å²) in [7, 11) is -19.5. The van der Waals surface area contributed by atoms with Crippen LogP contribution in [-0.4, -0.2) is 89.1 Å². The summed E-state index contributed by atoms with van der Waals surface area (Å²) >= 11 is 0. The first-order valence-corrected chi connectivity index (χ1v) is 23.7. The number of rotatable bonds is 13. The van der Waals surface area contributed by atoms with Gasteiger partial charge in [0.25, 0.3) is 0 Å². The molecule has 0 fully saturated rings. The average molecular weight is 1050 g/mol. The molecule has 21 nitrogen and oxygen atoms in total. The smallest absolute Gasteiger partial charge is 0.744 e. The number of para-hydroxylation sites is 1. The number of benzene rings is 5. The van der Waals surface area contributed by atoms with E-state index in [1.54, 1.807) is 36.4 Å². The van der Waals surface area contributed by atoms with E-state index < -0.39 is 94.2 Å². The third-order valence-corrected chi connectivity index (χ3v) is 12.9. The van der Waals surface area contributed by atoms with Crippen LogP contribution < -0.4 is 144 Å². The molecule has 3 N–H and O–H groups in total. The molecule has 5 aromatic carbocycles. The number of ketones is 2. The Labute approximate surface area is 483 Å². The fourth-order valence-corrected chi connectivity index (χ4v) is 9.24. The van der Waals surface area contributed by atoms with Crippen molar-refractivity contribution < 1.29 is 189 Å². The van der Waals surface area contributed by atoms with E-state index in [0.29, 0.717) is 29.0 Å². The minimum Gasteiger partial charge on any atom is -0.744 e. The Kier molecular flexibility index (Phi) is 20.6. The van der Waals surface area contributed by atoms with Gasteiger partial charge in [0.05, 0.1) is 45.2 Å². The zero-order valence-electron chi connectivity index (χ0n) is 37.0. The second-order valence-electron chi connectivity index (χ2n) is 13.6. The van der Waals surface area contributed by atoms with E-state index in [-0.39, 0.29) is 158 Å². The zero-order chi connectivity index (χ0) is 47.2. The molecule has 0 saturated carbocycles. The number of fused-ring (bicyclic) bond motifs is 2. The molecule has 0 radical (unpaired) electrons. The van der Waals surface area contributed by atoms with Crippen LogP contribution in [0.5, 0.6) is 11.5 Å². The summed E-state index contributed by atoms with van der Waals surface area (Å²) in [6.07, 6.45) is 1.45. The summed E-state index contributed by atoms with van der Waals surface area (Å²) < 4.78 is 156. The number of Topliss-reactive ketones (excluding diaryl/α,β-unsaturated/α-hetero) is 2. The number of anilines is 4. The number of hydrogen-bond donors (Lipinski definition) is 3. The van der Waals surface area contributed by atoms with Gasteiger partial charge in [-0.25, -0.2) is 33.7 Å². The maximum absolute atomic E-state index is 13.6. The molecule has 0 heterocycles. The molecule has 7 rings (SSSR count). The number of nitrogens with zero attached hydrogens (tertiary/aromatic N) is 2. The van der Waals surface area contributed by atoms with E-state index in [1.165, 1.54) is 56.7 Å². The van der Waals surface area contributed by atoms with E-state index in [0.717, 1.165) is 11.8 Å². The molecule has 2 aliphatic carbocycles. The van der Waals surface area contributed by atoms with Crippen LogP contribution in [0.25, 0.3) is 23.3 Å². The van der Waals surface area contributed by atoms with Crippen LogP contribution in [0, 0.1) is 0 Å². The van der Waals surface area contributed by atoms with Crippen molar-refractivity contribution in [1.82, 2.24) is 0 Å². The molecule has 0 bridgehead atoms. The molecule has 69 heavy (non-hydrogen) atoms. The molecule has 0 aliphatic heterocycles. The minimum absolute atomic E-state index is 0. The largest absolute Gasteiger partial charge is 1.00 e. The quantitative estimate of drug-likeness (QED) is 0.0560. The second kappa shape index (κ2) is 23.6. The van der Waals surface area contributed by atoms with E-state index in [2.05, 4.69) is 26.4 Å². The standard InChI is InChI=1S/C40H31N5O16S4.4Na/c1-60-31-16-21(8-12-29(31)42-44-37-34(64(54,55)56)18-23-14-26(10-11-28(23)39(37)46)41-25-6-4-3-5-7-25)22-9-13-30(32(17-22)61-2)43-45-38-35(65(57,58)59)19-24-15-27(62(48,49)50)20-33(63(51,52)53)36(24)40(38)47;;;;/h3-20,41-43H,1-2H3,(H,48,49,50)(H,51,52,53)(H,54,55,56)(H,57,58,59);;;;/q;4*+1/p-4/b44-37-,45-38+;;;;. The number of hydrazone groups is 2. The van der Waals surface area contributed by atoms with Gasteiger partial charge in [0.2, 0.25) is 11.6 Å². The summed E-state index contributed by atoms with van der Waals surface area (Å²) in [4.78, 5) is 22.1. The Balaban J connectivity index is 0.00000315. The minimum atomic E-state index is -5.69. The Bertz CT molecular complexity index is 3480. The molecular formula is C40H27N5Na4O16S4. The normalized spacial score (nSPS) is 14.5. The topological polar surface area (TPSA) is 342 Å². The van der Waals surface area contributed by atoms with Gasteiger partial charge in [-0.2, -0.15) is 10.2 Å². The van der Waals surface area contributed by atoms with Gasteiger partial charge in [-0.1, -0.05) is 30.3 Å². The van der Waals surface area contributed by atoms with E-state index in [1.807, 2.05) is 6.07 Å². The van der Waals surface area contributed by atoms with Gasteiger partial charge >= 0.3 is 118 Å². The molecule has 29 heteroatoms. The number of ether oxygens (including phenoxy) is 2. The molecule has 0 aromatic heterocycles. The van der Waals surface area contributed by atoms with Crippen molar-refractivity contribution in [3.05, 3.63) is 129 Å². The van der Waals surface area contributed by atoms with Crippen LogP contribution in [0.2, 0.25) is 0 Å². The fraction of sp³-hybridized carbons (Fsp3) is 0.0500. The van der Waals surface area contributed by atoms with Gasteiger partial charge in [0.15, 0.2) is 0 Å². The average Bonchev–Trinajstić information content (AvgIpc) is 3.24. The first-order valence-electron chi connectivity index (χ1n) is 18.0. The number of nitrogens with one attached hydrogen (secondary N) is 3. The first kappa shape index (κ1) is 60.2. The molecule has 2 aliphatic rings. The van der Waals surface area contributed by atoms with Crippen molar-refractivity contribution in [2.45, 2.75) is 9.79 Å². The Morgan fingerprint density at radius 1 is 0.507 bits per heavy atom. The molecule has 0 amide bonds. The van der Waals surface area contributed by atoms with Crippen molar-refractivity contribution >= 4 is 98.4 Å². The van der Waals surface area contributed by atoms with Crippen LogP contribution >= 0.6 is 0 Å². The van der Waals surface area contributed by atoms with Crippen molar-refractivity contribution in [2.24, 2.45) is 10.2 Å². The van der Waals surface area contributed by atoms with Crippen molar-refractivity contribution in [1.29, 1.82) is 0 Å². The van der Waals surface area contributed by atoms with Crippen LogP contribution in [-0.2, 0) is 40.5 Å². The number of carbonyl (C=O) groups is 2. The third kappa shape index (κ3) is 13.5. The third-order valence-electron chi connectivity index (χ3n) is 9.57. The van der Waals surface area contributed by atoms with Crippen molar-refractivity contribution in [3.63, 3.8) is 0 Å². The second-order valence-corrected chi connectivity index (χ2v) is 19.1. The predicted octanol–water partition coefficient (Wildman–Crippen LogP) is -7.96. The molecule has 0 unspecified atom stereocenters. The van der Waals surface area contributed by atoms with Crippen molar-refractivity contribution in [3.8, 4) is 22.6 Å². The van der Waals surface area contributed by atoms with E-state index >= 15 is 0 Å². The molecule has 336 valence electrons. The monoisotopic (exact) mass is 1050 g/mol. The van der Waals surface area contributed by atoms with E-state index in [9.17, 15) is 61.5 Å². The summed E-state index contributed by atoms with van der Waals surface area (Å²) in [6.45, 7) is 0. The van der Waals surface area contributed by atoms with Crippen molar-refractivity contribution in [2.75, 3.05) is 30.4 Å². The SMILES string of the molecule is COc1cc(-c2ccc(N/N=C3\C(=O)c4ccc(Nc5ccccc5)cc4C=C3S(=O)(=O)[O-])c(OC)c2)ccc1N/N=C1/C(=O)c2c(cc(S(=O)(=O)[O-])cc2S(=O)(=O)[O-])C=C1S(=O)(=O)[O-].[Na+].[Na+].[Na+].[Na+]. The maximum atomic E-state index is 13.6. The van der Waals surface area contributed by atoms with Crippen LogP contribution in [0.15, 0.2) is 127 Å². The number of methoxy groups -OCH3 is 2. The zero-order valence-corrected chi connectivity index (χ0v) is 48.2. The predicted molar refractivity (Wildman–Crippen MR) is 230 cm³/mol. The summed E-state index contributed by atoms with van der Waals surface area (Å²) in [5.74, 6) is -2.34. The van der Waals surface area contributed by atoms with Crippen LogP contribution in [0.3, 0.4) is 0 Å². The molecule has 0 spiro atoms. The van der Waals surface area contributed by atoms with Gasteiger partial charge in [-0.05, 0) is 101 Å². The van der Waals surface area contributed by atoms with Gasteiger partial charge in [0, 0.05) is 22.5 Å². The summed E-state index contributed by atoms with van der Waals surface area (Å²) in [6, 6.07) is 22.9. The van der Waals surface area contributed by atoms with Crippen LogP contribution in [0.1, 0.15) is 31.8 Å². The molecule has 0 atom stereocenters. The van der Waals surface area contributed by atoms with Crippen LogP contribution in [0.4, 0.5) is 22.7 Å². The number of allylic oxidation sites excluding steroid dienone is 2. The Hall–Kier alpha value is -3.10. The number of hydrogen-bond acceptors (Lipinski definition) is 21. The number of carbonyl (C=O) groups excluding carboxylic acids is 2.